The molecule has 0 saturated carbocycles. The highest BCUT2D eigenvalue weighted by atomic mass is 32.2. The van der Waals surface area contributed by atoms with Gasteiger partial charge in [0.1, 0.15) is 0 Å². The number of carbonyl (C=O) groups excluding carboxylic acids is 1. The molecule has 0 radical (unpaired) electrons. The molecule has 29 heavy (non-hydrogen) atoms. The maximum atomic E-state index is 12.6. The van der Waals surface area contributed by atoms with Crippen molar-refractivity contribution in [2.75, 3.05) is 11.3 Å². The van der Waals surface area contributed by atoms with Crippen LogP contribution in [0.2, 0.25) is 0 Å². The maximum Gasteiger partial charge on any atom is 0.261 e. The maximum absolute atomic E-state index is 12.6. The van der Waals surface area contributed by atoms with Gasteiger partial charge in [-0.25, -0.2) is 8.42 Å². The first kappa shape index (κ1) is 20.6. The summed E-state index contributed by atoms with van der Waals surface area (Å²) in [6.07, 6.45) is 1.68. The van der Waals surface area contributed by atoms with Crippen molar-refractivity contribution in [2.24, 2.45) is 0 Å². The van der Waals surface area contributed by atoms with E-state index in [4.69, 9.17) is 0 Å². The number of nitrogens with one attached hydrogen (secondary N) is 2. The number of aryl methyl sites for hydroxylation is 2. The monoisotopic (exact) mass is 408 g/mol. The number of para-hydroxylation sites is 1. The lowest BCUT2D eigenvalue weighted by atomic mass is 10.1. The van der Waals surface area contributed by atoms with E-state index in [-0.39, 0.29) is 10.8 Å². The van der Waals surface area contributed by atoms with E-state index in [1.165, 1.54) is 23.3 Å². The normalized spacial score (nSPS) is 11.1. The van der Waals surface area contributed by atoms with Crippen molar-refractivity contribution in [1.82, 2.24) is 5.32 Å². The molecule has 0 saturated heterocycles. The van der Waals surface area contributed by atoms with E-state index in [9.17, 15) is 13.2 Å². The van der Waals surface area contributed by atoms with Crippen molar-refractivity contribution in [3.8, 4) is 0 Å². The van der Waals surface area contributed by atoms with Gasteiger partial charge in [0.2, 0.25) is 0 Å². The predicted molar refractivity (Wildman–Crippen MR) is 116 cm³/mol. The molecule has 6 heteroatoms. The van der Waals surface area contributed by atoms with Gasteiger partial charge in [0.15, 0.2) is 0 Å². The van der Waals surface area contributed by atoms with Crippen LogP contribution in [0, 0.1) is 6.92 Å². The predicted octanol–water partition coefficient (Wildman–Crippen LogP) is 4.16. The molecular weight excluding hydrogens is 384 g/mol. The molecule has 0 heterocycles. The Morgan fingerprint density at radius 3 is 2.34 bits per heavy atom. The van der Waals surface area contributed by atoms with Crippen molar-refractivity contribution in [3.05, 3.63) is 95.6 Å². The summed E-state index contributed by atoms with van der Waals surface area (Å²) < 4.78 is 27.7. The molecule has 0 spiro atoms. The van der Waals surface area contributed by atoms with Gasteiger partial charge in [-0.05, 0) is 55.7 Å². The summed E-state index contributed by atoms with van der Waals surface area (Å²) in [5, 5.41) is 2.85. The largest absolute Gasteiger partial charge is 0.352 e. The molecule has 0 aliphatic carbocycles. The van der Waals surface area contributed by atoms with Crippen molar-refractivity contribution < 1.29 is 13.2 Å². The lowest BCUT2D eigenvalue weighted by Crippen LogP contribution is -2.25. The molecule has 2 N–H and O–H groups in total. The van der Waals surface area contributed by atoms with Crippen molar-refractivity contribution in [1.29, 1.82) is 0 Å². The average molecular weight is 409 g/mol. The second kappa shape index (κ2) is 9.39. The van der Waals surface area contributed by atoms with Gasteiger partial charge in [-0.2, -0.15) is 0 Å². The SMILES string of the molecule is Cc1ccc(CCCNC(=O)c2cccc(S(=O)(=O)Nc3ccccc3)c2)cc1. The Hall–Kier alpha value is -3.12. The summed E-state index contributed by atoms with van der Waals surface area (Å²) in [7, 11) is -3.76. The average Bonchev–Trinajstić information content (AvgIpc) is 2.73. The Labute approximate surface area is 171 Å². The van der Waals surface area contributed by atoms with Crippen LogP contribution in [-0.2, 0) is 16.4 Å². The van der Waals surface area contributed by atoms with Gasteiger partial charge < -0.3 is 5.32 Å². The number of anilines is 1. The molecule has 0 atom stereocenters. The third-order valence-corrected chi connectivity index (χ3v) is 5.86. The quantitative estimate of drug-likeness (QED) is 0.550. The van der Waals surface area contributed by atoms with Crippen LogP contribution in [0.3, 0.4) is 0 Å². The van der Waals surface area contributed by atoms with Crippen LogP contribution in [0.25, 0.3) is 0 Å². The van der Waals surface area contributed by atoms with E-state index in [1.54, 1.807) is 36.4 Å². The van der Waals surface area contributed by atoms with Crippen LogP contribution < -0.4 is 10.0 Å². The van der Waals surface area contributed by atoms with Crippen LogP contribution in [0.15, 0.2) is 83.8 Å². The Morgan fingerprint density at radius 1 is 0.897 bits per heavy atom. The van der Waals surface area contributed by atoms with E-state index in [1.807, 2.05) is 13.0 Å². The summed E-state index contributed by atoms with van der Waals surface area (Å²) in [4.78, 5) is 12.5. The zero-order valence-corrected chi connectivity index (χ0v) is 17.1. The molecule has 0 fully saturated rings. The van der Waals surface area contributed by atoms with Gasteiger partial charge in [-0.3, -0.25) is 9.52 Å². The summed E-state index contributed by atoms with van der Waals surface area (Å²) in [5.74, 6) is -0.286. The Balaban J connectivity index is 1.58. The zero-order valence-electron chi connectivity index (χ0n) is 16.3. The molecule has 0 unspecified atom stereocenters. The van der Waals surface area contributed by atoms with Crippen LogP contribution in [0.5, 0.6) is 0 Å². The number of rotatable bonds is 8. The minimum Gasteiger partial charge on any atom is -0.352 e. The molecule has 0 aliphatic heterocycles. The Kier molecular flexibility index (Phi) is 6.67. The van der Waals surface area contributed by atoms with E-state index in [0.717, 1.165) is 12.8 Å². The molecule has 3 aromatic rings. The standard InChI is InChI=1S/C23H24N2O3S/c1-18-12-14-19(15-13-18)7-6-16-24-23(26)20-8-5-11-22(17-20)29(27,28)25-21-9-3-2-4-10-21/h2-5,8-15,17,25H,6-7,16H2,1H3,(H,24,26). The zero-order chi connectivity index (χ0) is 20.7. The molecule has 150 valence electrons. The summed E-state index contributed by atoms with van der Waals surface area (Å²) >= 11 is 0. The second-order valence-electron chi connectivity index (χ2n) is 6.84. The van der Waals surface area contributed by atoms with Gasteiger partial charge in [-0.15, -0.1) is 0 Å². The molecule has 1 amide bonds. The fourth-order valence-corrected chi connectivity index (χ4v) is 3.98. The topological polar surface area (TPSA) is 75.3 Å². The van der Waals surface area contributed by atoms with Crippen molar-refractivity contribution in [2.45, 2.75) is 24.7 Å². The smallest absolute Gasteiger partial charge is 0.261 e. The van der Waals surface area contributed by atoms with Crippen molar-refractivity contribution in [3.63, 3.8) is 0 Å². The summed E-state index contributed by atoms with van der Waals surface area (Å²) in [6, 6.07) is 23.0. The summed E-state index contributed by atoms with van der Waals surface area (Å²) in [6.45, 7) is 2.57. The third kappa shape index (κ3) is 5.93. The van der Waals surface area contributed by atoms with Crippen LogP contribution in [0.1, 0.15) is 27.9 Å². The Bertz CT molecular complexity index is 1060. The molecule has 0 aromatic heterocycles. The minimum absolute atomic E-state index is 0.0497. The molecule has 0 bridgehead atoms. The number of amides is 1. The number of hydrogen-bond donors (Lipinski definition) is 2. The lowest BCUT2D eigenvalue weighted by Gasteiger charge is -2.10. The molecule has 3 aromatic carbocycles. The summed E-state index contributed by atoms with van der Waals surface area (Å²) in [5.41, 5.74) is 3.23. The fraction of sp³-hybridized carbons (Fsp3) is 0.174. The number of benzene rings is 3. The van der Waals surface area contributed by atoms with Gasteiger partial charge >= 0.3 is 0 Å². The molecular formula is C23H24N2O3S. The molecule has 3 rings (SSSR count). The Morgan fingerprint density at radius 2 is 1.62 bits per heavy atom. The van der Waals surface area contributed by atoms with E-state index >= 15 is 0 Å². The second-order valence-corrected chi connectivity index (χ2v) is 8.53. The lowest BCUT2D eigenvalue weighted by molar-refractivity contribution is 0.0953. The van der Waals surface area contributed by atoms with E-state index in [0.29, 0.717) is 17.8 Å². The highest BCUT2D eigenvalue weighted by Gasteiger charge is 2.16. The fourth-order valence-electron chi connectivity index (χ4n) is 2.88. The van der Waals surface area contributed by atoms with Gasteiger partial charge in [0, 0.05) is 17.8 Å². The van der Waals surface area contributed by atoms with Gasteiger partial charge in [0.05, 0.1) is 4.90 Å². The van der Waals surface area contributed by atoms with Gasteiger partial charge in [-0.1, -0.05) is 54.1 Å². The first-order chi connectivity index (χ1) is 13.9. The molecule has 0 aliphatic rings. The van der Waals surface area contributed by atoms with Crippen LogP contribution in [-0.4, -0.2) is 20.9 Å². The number of carbonyl (C=O) groups is 1. The number of hydrogen-bond acceptors (Lipinski definition) is 3. The highest BCUT2D eigenvalue weighted by Crippen LogP contribution is 2.17. The number of sulfonamides is 1. The first-order valence-electron chi connectivity index (χ1n) is 9.46. The third-order valence-electron chi connectivity index (χ3n) is 4.48. The highest BCUT2D eigenvalue weighted by molar-refractivity contribution is 7.92. The first-order valence-corrected chi connectivity index (χ1v) is 10.9. The molecule has 5 nitrogen and oxygen atoms in total. The van der Waals surface area contributed by atoms with E-state index < -0.39 is 10.0 Å². The minimum atomic E-state index is -3.76. The van der Waals surface area contributed by atoms with Crippen molar-refractivity contribution >= 4 is 21.6 Å². The van der Waals surface area contributed by atoms with Crippen LogP contribution >= 0.6 is 0 Å². The van der Waals surface area contributed by atoms with Crippen LogP contribution in [0.4, 0.5) is 5.69 Å². The van der Waals surface area contributed by atoms with E-state index in [2.05, 4.69) is 34.3 Å². The van der Waals surface area contributed by atoms with Gasteiger partial charge in [0.25, 0.3) is 15.9 Å².